The number of nitrogens with one attached hydrogen (secondary N) is 1. The highest BCUT2D eigenvalue weighted by atomic mass is 35.5. The van der Waals surface area contributed by atoms with Crippen molar-refractivity contribution >= 4 is 39.4 Å². The molecule has 0 spiro atoms. The molecule has 0 amide bonds. The molecule has 136 valence electrons. The first kappa shape index (κ1) is 16.6. The Labute approximate surface area is 163 Å². The van der Waals surface area contributed by atoms with Gasteiger partial charge < -0.3 is 5.73 Å². The summed E-state index contributed by atoms with van der Waals surface area (Å²) >= 11 is 6.20. The van der Waals surface area contributed by atoms with Gasteiger partial charge in [0.1, 0.15) is 16.9 Å². The Balaban J connectivity index is 1.89. The van der Waals surface area contributed by atoms with E-state index in [1.807, 2.05) is 18.2 Å². The van der Waals surface area contributed by atoms with Crippen LogP contribution in [0.2, 0.25) is 5.15 Å². The molecule has 0 aliphatic carbocycles. The number of fused-ring (bicyclic) bond motifs is 2. The molecule has 2 aromatic carbocycles. The summed E-state index contributed by atoms with van der Waals surface area (Å²) in [6.07, 6.45) is 3.17. The van der Waals surface area contributed by atoms with Crippen molar-refractivity contribution in [3.8, 4) is 22.4 Å². The molecule has 3 aromatic heterocycles. The van der Waals surface area contributed by atoms with Gasteiger partial charge in [0.2, 0.25) is 0 Å². The summed E-state index contributed by atoms with van der Waals surface area (Å²) in [4.78, 5) is 13.4. The smallest absolute Gasteiger partial charge is 0.158 e. The summed E-state index contributed by atoms with van der Waals surface area (Å²) in [6.45, 7) is 0. The number of hydrogen-bond donors (Lipinski definition) is 2. The van der Waals surface area contributed by atoms with Gasteiger partial charge in [-0.1, -0.05) is 17.7 Å². The minimum Gasteiger partial charge on any atom is -0.382 e. The van der Waals surface area contributed by atoms with Gasteiger partial charge in [-0.25, -0.2) is 14.4 Å². The summed E-state index contributed by atoms with van der Waals surface area (Å²) in [6, 6.07) is 11.8. The molecule has 0 saturated carbocycles. The summed E-state index contributed by atoms with van der Waals surface area (Å²) in [5.74, 6) is -0.0703. The second kappa shape index (κ2) is 6.24. The topological polar surface area (TPSA) is 93.4 Å². The fourth-order valence-corrected chi connectivity index (χ4v) is 3.48. The van der Waals surface area contributed by atoms with E-state index in [2.05, 4.69) is 25.1 Å². The van der Waals surface area contributed by atoms with Crippen LogP contribution >= 0.6 is 11.6 Å². The molecule has 3 N–H and O–H groups in total. The number of pyridine rings is 1. The molecule has 0 aliphatic heterocycles. The van der Waals surface area contributed by atoms with Gasteiger partial charge >= 0.3 is 0 Å². The van der Waals surface area contributed by atoms with Crippen molar-refractivity contribution in [1.29, 1.82) is 0 Å². The van der Waals surface area contributed by atoms with Gasteiger partial charge in [-0.2, -0.15) is 5.10 Å². The number of halogens is 2. The minimum absolute atomic E-state index is 0.258. The molecule has 0 fully saturated rings. The Morgan fingerprint density at radius 3 is 2.43 bits per heavy atom. The highest BCUT2D eigenvalue weighted by molar-refractivity contribution is 6.34. The first-order valence-corrected chi connectivity index (χ1v) is 8.80. The summed E-state index contributed by atoms with van der Waals surface area (Å²) in [7, 11) is 0. The van der Waals surface area contributed by atoms with Crippen LogP contribution in [-0.2, 0) is 0 Å². The van der Waals surface area contributed by atoms with Crippen LogP contribution in [0.1, 0.15) is 0 Å². The number of benzene rings is 2. The second-order valence-corrected chi connectivity index (χ2v) is 6.61. The van der Waals surface area contributed by atoms with Crippen molar-refractivity contribution < 1.29 is 4.39 Å². The van der Waals surface area contributed by atoms with Crippen LogP contribution in [0.5, 0.6) is 0 Å². The zero-order chi connectivity index (χ0) is 19.3. The van der Waals surface area contributed by atoms with Crippen molar-refractivity contribution in [2.45, 2.75) is 0 Å². The number of hydrogen-bond acceptors (Lipinski definition) is 5. The predicted molar refractivity (Wildman–Crippen MR) is 107 cm³/mol. The highest BCUT2D eigenvalue weighted by Gasteiger charge is 2.19. The second-order valence-electron chi connectivity index (χ2n) is 6.26. The van der Waals surface area contributed by atoms with Gasteiger partial charge in [0.25, 0.3) is 0 Å². The molecule has 28 heavy (non-hydrogen) atoms. The molecule has 0 aliphatic rings. The quantitative estimate of drug-likeness (QED) is 0.459. The van der Waals surface area contributed by atoms with E-state index < -0.39 is 0 Å². The van der Waals surface area contributed by atoms with Gasteiger partial charge in [-0.3, -0.25) is 10.1 Å². The zero-order valence-electron chi connectivity index (χ0n) is 14.3. The first-order chi connectivity index (χ1) is 13.6. The molecule has 5 aromatic rings. The monoisotopic (exact) mass is 390 g/mol. The summed E-state index contributed by atoms with van der Waals surface area (Å²) in [5.41, 5.74) is 10.9. The van der Waals surface area contributed by atoms with E-state index in [0.29, 0.717) is 27.4 Å². The lowest BCUT2D eigenvalue weighted by Gasteiger charge is -2.13. The zero-order valence-corrected chi connectivity index (χ0v) is 15.1. The largest absolute Gasteiger partial charge is 0.382 e. The molecular formula is C20H12ClFN6. The van der Waals surface area contributed by atoms with Crippen LogP contribution < -0.4 is 5.73 Å². The van der Waals surface area contributed by atoms with E-state index in [0.717, 1.165) is 22.0 Å². The Kier molecular flexibility index (Phi) is 3.70. The maximum atomic E-state index is 13.4. The Morgan fingerprint density at radius 1 is 0.929 bits per heavy atom. The Bertz CT molecular complexity index is 1350. The number of H-pyrrole nitrogens is 1. The van der Waals surface area contributed by atoms with Crippen LogP contribution in [0.4, 0.5) is 10.2 Å². The van der Waals surface area contributed by atoms with Crippen molar-refractivity contribution in [3.05, 3.63) is 65.8 Å². The fraction of sp³-hybridized carbons (Fsp3) is 0. The van der Waals surface area contributed by atoms with Crippen molar-refractivity contribution in [3.63, 3.8) is 0 Å². The minimum atomic E-state index is -0.328. The average Bonchev–Trinajstić information content (AvgIpc) is 3.09. The van der Waals surface area contributed by atoms with E-state index in [1.54, 1.807) is 24.5 Å². The van der Waals surface area contributed by atoms with Crippen LogP contribution in [0, 0.1) is 5.82 Å². The number of anilines is 1. The number of rotatable bonds is 2. The number of aromatic amines is 1. The van der Waals surface area contributed by atoms with E-state index in [1.165, 1.54) is 12.1 Å². The van der Waals surface area contributed by atoms with E-state index in [9.17, 15) is 4.39 Å². The maximum Gasteiger partial charge on any atom is 0.158 e. The van der Waals surface area contributed by atoms with Crippen LogP contribution in [0.25, 0.3) is 44.3 Å². The van der Waals surface area contributed by atoms with Crippen molar-refractivity contribution in [2.24, 2.45) is 0 Å². The van der Waals surface area contributed by atoms with Crippen LogP contribution in [0.3, 0.4) is 0 Å². The third-order valence-electron chi connectivity index (χ3n) is 4.57. The van der Waals surface area contributed by atoms with Gasteiger partial charge in [-0.05, 0) is 42.0 Å². The third kappa shape index (κ3) is 2.56. The standard InChI is InChI=1S/C20H12ClFN6/c21-19-13-9-11(3-6-14(13)27-28-19)15-16(10-1-4-12(22)5-2-10)26-20(23)18-17(15)24-7-8-25-18/h1-9H,(H2,23,26)(H,27,28). The summed E-state index contributed by atoms with van der Waals surface area (Å²) < 4.78 is 13.4. The number of nitrogens with two attached hydrogens (primary N) is 1. The van der Waals surface area contributed by atoms with Gasteiger partial charge in [-0.15, -0.1) is 0 Å². The van der Waals surface area contributed by atoms with Gasteiger partial charge in [0.15, 0.2) is 11.0 Å². The van der Waals surface area contributed by atoms with E-state index in [-0.39, 0.29) is 11.6 Å². The van der Waals surface area contributed by atoms with Gasteiger partial charge in [0, 0.05) is 28.9 Å². The number of nitrogen functional groups attached to an aromatic ring is 1. The number of nitrogens with zero attached hydrogens (tertiary/aromatic N) is 4. The average molecular weight is 391 g/mol. The number of aromatic nitrogens is 5. The lowest BCUT2D eigenvalue weighted by atomic mass is 9.96. The lowest BCUT2D eigenvalue weighted by Crippen LogP contribution is -2.01. The fourth-order valence-electron chi connectivity index (χ4n) is 3.28. The molecule has 0 saturated heterocycles. The third-order valence-corrected chi connectivity index (χ3v) is 4.86. The molecular weight excluding hydrogens is 379 g/mol. The molecule has 8 heteroatoms. The first-order valence-electron chi connectivity index (χ1n) is 8.42. The molecule has 3 heterocycles. The van der Waals surface area contributed by atoms with Crippen LogP contribution in [-0.4, -0.2) is 25.1 Å². The molecule has 0 bridgehead atoms. The van der Waals surface area contributed by atoms with E-state index >= 15 is 0 Å². The summed E-state index contributed by atoms with van der Waals surface area (Å²) in [5, 5.41) is 8.06. The van der Waals surface area contributed by atoms with Crippen molar-refractivity contribution in [2.75, 3.05) is 5.73 Å². The lowest BCUT2D eigenvalue weighted by molar-refractivity contribution is 0.628. The van der Waals surface area contributed by atoms with Crippen LogP contribution in [0.15, 0.2) is 54.9 Å². The molecule has 0 radical (unpaired) electrons. The highest BCUT2D eigenvalue weighted by Crippen LogP contribution is 2.38. The Morgan fingerprint density at radius 2 is 1.64 bits per heavy atom. The SMILES string of the molecule is Nc1nc(-c2ccc(F)cc2)c(-c2ccc3[nH]nc(Cl)c3c2)c2nccnc12. The normalized spacial score (nSPS) is 11.4. The maximum absolute atomic E-state index is 13.4. The predicted octanol–water partition coefficient (Wildman–Crippen LogP) is 4.61. The Hall–Kier alpha value is -3.58. The molecule has 0 unspecified atom stereocenters. The van der Waals surface area contributed by atoms with E-state index in [4.69, 9.17) is 17.3 Å². The van der Waals surface area contributed by atoms with Crippen molar-refractivity contribution in [1.82, 2.24) is 25.1 Å². The molecule has 0 atom stereocenters. The molecule has 6 nitrogen and oxygen atoms in total. The van der Waals surface area contributed by atoms with Gasteiger partial charge in [0.05, 0.1) is 11.2 Å². The molecule has 5 rings (SSSR count).